The van der Waals surface area contributed by atoms with Crippen molar-refractivity contribution in [2.24, 2.45) is 0 Å². The highest BCUT2D eigenvalue weighted by Crippen LogP contribution is 2.25. The van der Waals surface area contributed by atoms with Gasteiger partial charge in [-0.25, -0.2) is 4.39 Å². The number of piperazine rings is 1. The lowest BCUT2D eigenvalue weighted by Gasteiger charge is -2.41. The van der Waals surface area contributed by atoms with Gasteiger partial charge < -0.3 is 4.90 Å². The smallest absolute Gasteiger partial charge is 0.253 e. The Hall–Kier alpha value is -2.20. The first kappa shape index (κ1) is 16.3. The van der Waals surface area contributed by atoms with E-state index in [1.54, 1.807) is 12.1 Å². The molecule has 25 heavy (non-hydrogen) atoms. The lowest BCUT2D eigenvalue weighted by molar-refractivity contribution is 0.0553. The molecule has 1 atom stereocenters. The Kier molecular flexibility index (Phi) is 4.53. The molecule has 3 nitrogen and oxygen atoms in total. The van der Waals surface area contributed by atoms with E-state index in [0.29, 0.717) is 11.6 Å². The summed E-state index contributed by atoms with van der Waals surface area (Å²) in [4.78, 5) is 17.0. The Morgan fingerprint density at radius 3 is 2.32 bits per heavy atom. The molecule has 1 aliphatic carbocycles. The Morgan fingerprint density at radius 1 is 0.920 bits per heavy atom. The lowest BCUT2D eigenvalue weighted by Crippen LogP contribution is -2.53. The van der Waals surface area contributed by atoms with Gasteiger partial charge in [0.05, 0.1) is 0 Å². The molecule has 2 aliphatic rings. The molecular weight excluding hydrogens is 315 g/mol. The van der Waals surface area contributed by atoms with Gasteiger partial charge in [0.15, 0.2) is 0 Å². The van der Waals surface area contributed by atoms with Crippen molar-refractivity contribution in [1.29, 1.82) is 0 Å². The van der Waals surface area contributed by atoms with Crippen molar-refractivity contribution in [2.45, 2.75) is 25.3 Å². The molecule has 0 aromatic heterocycles. The normalized spacial score (nSPS) is 21.0. The summed E-state index contributed by atoms with van der Waals surface area (Å²) in [6.45, 7) is 3.32. The summed E-state index contributed by atoms with van der Waals surface area (Å²) >= 11 is 0. The van der Waals surface area contributed by atoms with Gasteiger partial charge in [-0.05, 0) is 54.7 Å². The highest BCUT2D eigenvalue weighted by molar-refractivity contribution is 5.94. The number of carbonyl (C=O) groups is 1. The van der Waals surface area contributed by atoms with Crippen LogP contribution in [0.1, 0.15) is 27.9 Å². The average molecular weight is 338 g/mol. The third-order valence-electron chi connectivity index (χ3n) is 5.53. The van der Waals surface area contributed by atoms with E-state index in [1.807, 2.05) is 4.90 Å². The molecule has 1 heterocycles. The minimum Gasteiger partial charge on any atom is -0.336 e. The Labute approximate surface area is 148 Å². The van der Waals surface area contributed by atoms with Crippen LogP contribution in [-0.4, -0.2) is 47.9 Å². The molecule has 1 aliphatic heterocycles. The molecule has 0 spiro atoms. The van der Waals surface area contributed by atoms with Gasteiger partial charge in [0.25, 0.3) is 5.91 Å². The first-order valence-corrected chi connectivity index (χ1v) is 9.06. The van der Waals surface area contributed by atoms with Crippen LogP contribution in [0.4, 0.5) is 4.39 Å². The Bertz CT molecular complexity index is 751. The van der Waals surface area contributed by atoms with Gasteiger partial charge in [-0.3, -0.25) is 9.69 Å². The van der Waals surface area contributed by atoms with E-state index in [9.17, 15) is 9.18 Å². The number of hydrogen-bond acceptors (Lipinski definition) is 2. The number of amides is 1. The third-order valence-corrected chi connectivity index (χ3v) is 5.53. The Balaban J connectivity index is 1.36. The van der Waals surface area contributed by atoms with Crippen LogP contribution < -0.4 is 0 Å². The summed E-state index contributed by atoms with van der Waals surface area (Å²) in [7, 11) is 0. The van der Waals surface area contributed by atoms with Crippen LogP contribution in [0.25, 0.3) is 0 Å². The molecule has 4 rings (SSSR count). The predicted molar refractivity (Wildman–Crippen MR) is 96.1 cm³/mol. The van der Waals surface area contributed by atoms with Gasteiger partial charge >= 0.3 is 0 Å². The van der Waals surface area contributed by atoms with Gasteiger partial charge in [0.2, 0.25) is 0 Å². The maximum atomic E-state index is 13.0. The molecule has 0 saturated carbocycles. The molecule has 4 heteroatoms. The third kappa shape index (κ3) is 3.45. The zero-order valence-electron chi connectivity index (χ0n) is 14.3. The van der Waals surface area contributed by atoms with Crippen molar-refractivity contribution in [2.75, 3.05) is 26.2 Å². The fraction of sp³-hybridized carbons (Fsp3) is 0.381. The maximum absolute atomic E-state index is 13.0. The number of aryl methyl sites for hydroxylation is 1. The number of fused-ring (bicyclic) bond motifs is 1. The lowest BCUT2D eigenvalue weighted by atomic mass is 9.87. The molecular formula is C21H23FN2O. The largest absolute Gasteiger partial charge is 0.336 e. The first-order chi connectivity index (χ1) is 12.2. The molecule has 1 saturated heterocycles. The standard InChI is InChI=1S/C21H23FN2O/c22-19-8-5-17(6-9-19)21(25)24-13-11-23(12-14-24)20-10-7-16-3-1-2-4-18(16)15-20/h1-6,8-9,20H,7,10-15H2. The maximum Gasteiger partial charge on any atom is 0.253 e. The molecule has 130 valence electrons. The van der Waals surface area contributed by atoms with Crippen molar-refractivity contribution < 1.29 is 9.18 Å². The van der Waals surface area contributed by atoms with E-state index in [2.05, 4.69) is 29.2 Å². The summed E-state index contributed by atoms with van der Waals surface area (Å²) in [6, 6.07) is 15.2. The van der Waals surface area contributed by atoms with E-state index in [4.69, 9.17) is 0 Å². The zero-order valence-corrected chi connectivity index (χ0v) is 14.3. The van der Waals surface area contributed by atoms with Crippen LogP contribution in [0.15, 0.2) is 48.5 Å². The first-order valence-electron chi connectivity index (χ1n) is 9.06. The second-order valence-corrected chi connectivity index (χ2v) is 7.00. The second kappa shape index (κ2) is 6.96. The second-order valence-electron chi connectivity index (χ2n) is 7.00. The van der Waals surface area contributed by atoms with Gasteiger partial charge in [-0.2, -0.15) is 0 Å². The molecule has 1 fully saturated rings. The topological polar surface area (TPSA) is 23.6 Å². The van der Waals surface area contributed by atoms with Crippen LogP contribution >= 0.6 is 0 Å². The molecule has 0 radical (unpaired) electrons. The van der Waals surface area contributed by atoms with E-state index in [-0.39, 0.29) is 11.7 Å². The predicted octanol–water partition coefficient (Wildman–Crippen LogP) is 3.14. The monoisotopic (exact) mass is 338 g/mol. The zero-order chi connectivity index (χ0) is 17.2. The van der Waals surface area contributed by atoms with E-state index < -0.39 is 0 Å². The van der Waals surface area contributed by atoms with Gasteiger partial charge in [0.1, 0.15) is 5.82 Å². The molecule has 1 amide bonds. The highest BCUT2D eigenvalue weighted by Gasteiger charge is 2.28. The summed E-state index contributed by atoms with van der Waals surface area (Å²) in [5.41, 5.74) is 3.54. The molecule has 0 N–H and O–H groups in total. The van der Waals surface area contributed by atoms with Crippen LogP contribution in [0.2, 0.25) is 0 Å². The van der Waals surface area contributed by atoms with E-state index in [1.165, 1.54) is 29.7 Å². The van der Waals surface area contributed by atoms with Gasteiger partial charge in [0, 0.05) is 37.8 Å². The van der Waals surface area contributed by atoms with Crippen LogP contribution in [0.5, 0.6) is 0 Å². The van der Waals surface area contributed by atoms with Crippen LogP contribution in [0.3, 0.4) is 0 Å². The minimum atomic E-state index is -0.307. The SMILES string of the molecule is O=C(c1ccc(F)cc1)N1CCN(C2CCc3ccccc3C2)CC1. The van der Waals surface area contributed by atoms with E-state index in [0.717, 1.165) is 39.0 Å². The number of rotatable bonds is 2. The molecule has 2 aromatic carbocycles. The quantitative estimate of drug-likeness (QED) is 0.840. The highest BCUT2D eigenvalue weighted by atomic mass is 19.1. The number of benzene rings is 2. The van der Waals surface area contributed by atoms with Crippen molar-refractivity contribution in [1.82, 2.24) is 9.80 Å². The number of hydrogen-bond donors (Lipinski definition) is 0. The summed E-state index contributed by atoms with van der Waals surface area (Å²) in [5.74, 6) is -0.299. The van der Waals surface area contributed by atoms with E-state index >= 15 is 0 Å². The number of nitrogens with zero attached hydrogens (tertiary/aromatic N) is 2. The van der Waals surface area contributed by atoms with Crippen molar-refractivity contribution >= 4 is 5.91 Å². The van der Waals surface area contributed by atoms with Gasteiger partial charge in [-0.15, -0.1) is 0 Å². The van der Waals surface area contributed by atoms with Crippen LogP contribution in [0, 0.1) is 5.82 Å². The molecule has 2 aromatic rings. The number of carbonyl (C=O) groups excluding carboxylic acids is 1. The van der Waals surface area contributed by atoms with Crippen molar-refractivity contribution in [3.63, 3.8) is 0 Å². The fourth-order valence-electron chi connectivity index (χ4n) is 4.06. The minimum absolute atomic E-state index is 0.00800. The fourth-order valence-corrected chi connectivity index (χ4v) is 4.06. The molecule has 1 unspecified atom stereocenters. The van der Waals surface area contributed by atoms with Gasteiger partial charge in [-0.1, -0.05) is 24.3 Å². The summed E-state index contributed by atoms with van der Waals surface area (Å²) in [6.07, 6.45) is 3.46. The summed E-state index contributed by atoms with van der Waals surface area (Å²) in [5, 5.41) is 0. The number of halogens is 1. The Morgan fingerprint density at radius 2 is 1.60 bits per heavy atom. The summed E-state index contributed by atoms with van der Waals surface area (Å²) < 4.78 is 13.0. The average Bonchev–Trinajstić information content (AvgIpc) is 2.68. The van der Waals surface area contributed by atoms with Crippen molar-refractivity contribution in [3.8, 4) is 0 Å². The molecule has 0 bridgehead atoms. The van der Waals surface area contributed by atoms with Crippen LogP contribution in [-0.2, 0) is 12.8 Å². The van der Waals surface area contributed by atoms with Crippen molar-refractivity contribution in [3.05, 3.63) is 71.0 Å².